The van der Waals surface area contributed by atoms with Gasteiger partial charge in [-0.15, -0.1) is 0 Å². The maximum absolute atomic E-state index is 12.7. The van der Waals surface area contributed by atoms with E-state index in [0.29, 0.717) is 6.04 Å². The van der Waals surface area contributed by atoms with Gasteiger partial charge in [0.05, 0.1) is 0 Å². The summed E-state index contributed by atoms with van der Waals surface area (Å²) < 4.78 is 0. The molecule has 108 valence electrons. The maximum atomic E-state index is 12.7. The summed E-state index contributed by atoms with van der Waals surface area (Å²) in [6.07, 6.45) is 2.46. The van der Waals surface area contributed by atoms with Crippen LogP contribution in [0.2, 0.25) is 0 Å². The molecule has 0 saturated carbocycles. The van der Waals surface area contributed by atoms with Crippen LogP contribution in [-0.2, 0) is 4.79 Å². The largest absolute Gasteiger partial charge is 0.335 e. The van der Waals surface area contributed by atoms with Crippen LogP contribution < -0.4 is 5.73 Å². The molecule has 2 N–H and O–H groups in total. The first kappa shape index (κ1) is 13.6. The summed E-state index contributed by atoms with van der Waals surface area (Å²) in [6.45, 7) is 5.13. The quantitative estimate of drug-likeness (QED) is 0.885. The Balaban J connectivity index is 1.73. The molecule has 4 heteroatoms. The van der Waals surface area contributed by atoms with E-state index in [1.54, 1.807) is 0 Å². The summed E-state index contributed by atoms with van der Waals surface area (Å²) in [5.74, 6) is 0.0650. The number of carbonyl (C=O) groups excluding carboxylic acids is 1. The molecular weight excluding hydrogens is 250 g/mol. The zero-order chi connectivity index (χ0) is 14.1. The average Bonchev–Trinajstić information content (AvgIpc) is 2.93. The lowest BCUT2D eigenvalue weighted by Gasteiger charge is -2.43. The van der Waals surface area contributed by atoms with Gasteiger partial charge in [-0.1, -0.05) is 30.3 Å². The normalized spacial score (nSPS) is 28.2. The lowest BCUT2D eigenvalue weighted by molar-refractivity contribution is -0.138. The Hall–Kier alpha value is -1.39. The molecule has 1 aromatic rings. The molecule has 2 aliphatic rings. The van der Waals surface area contributed by atoms with Crippen molar-refractivity contribution >= 4 is 5.91 Å². The number of benzene rings is 1. The van der Waals surface area contributed by atoms with Crippen LogP contribution >= 0.6 is 0 Å². The van der Waals surface area contributed by atoms with Gasteiger partial charge in [-0.25, -0.2) is 0 Å². The maximum Gasteiger partial charge on any atom is 0.244 e. The number of carbonyl (C=O) groups is 1. The zero-order valence-electron chi connectivity index (χ0n) is 12.0. The van der Waals surface area contributed by atoms with Crippen LogP contribution in [0.25, 0.3) is 0 Å². The molecule has 3 atom stereocenters. The minimum Gasteiger partial charge on any atom is -0.335 e. The van der Waals surface area contributed by atoms with Gasteiger partial charge in [-0.05, 0) is 31.9 Å². The van der Waals surface area contributed by atoms with Gasteiger partial charge in [0, 0.05) is 25.2 Å². The van der Waals surface area contributed by atoms with Gasteiger partial charge < -0.3 is 10.6 Å². The summed E-state index contributed by atoms with van der Waals surface area (Å²) in [5.41, 5.74) is 7.07. The Labute approximate surface area is 120 Å². The zero-order valence-corrected chi connectivity index (χ0v) is 12.0. The third-order valence-corrected chi connectivity index (χ3v) is 4.65. The second-order valence-corrected chi connectivity index (χ2v) is 6.02. The summed E-state index contributed by atoms with van der Waals surface area (Å²) >= 11 is 0. The average molecular weight is 273 g/mol. The first-order chi connectivity index (χ1) is 9.66. The predicted molar refractivity (Wildman–Crippen MR) is 79.1 cm³/mol. The first-order valence-corrected chi connectivity index (χ1v) is 7.52. The van der Waals surface area contributed by atoms with E-state index in [9.17, 15) is 4.79 Å². The molecular formula is C16H23N3O. The minimum atomic E-state index is -0.536. The smallest absolute Gasteiger partial charge is 0.244 e. The number of hydrogen-bond acceptors (Lipinski definition) is 3. The van der Waals surface area contributed by atoms with E-state index in [4.69, 9.17) is 5.73 Å². The molecule has 2 aliphatic heterocycles. The molecule has 0 bridgehead atoms. The van der Waals surface area contributed by atoms with Gasteiger partial charge >= 0.3 is 0 Å². The molecule has 0 radical (unpaired) electrons. The highest BCUT2D eigenvalue weighted by molar-refractivity contribution is 5.83. The van der Waals surface area contributed by atoms with E-state index < -0.39 is 6.04 Å². The van der Waals surface area contributed by atoms with Crippen LogP contribution in [0.4, 0.5) is 0 Å². The summed E-state index contributed by atoms with van der Waals surface area (Å²) in [5, 5.41) is 0. The van der Waals surface area contributed by atoms with Crippen molar-refractivity contribution in [2.24, 2.45) is 5.73 Å². The van der Waals surface area contributed by atoms with Gasteiger partial charge in [0.25, 0.3) is 0 Å². The van der Waals surface area contributed by atoms with E-state index >= 15 is 0 Å². The van der Waals surface area contributed by atoms with Crippen LogP contribution in [0.1, 0.15) is 31.4 Å². The highest BCUT2D eigenvalue weighted by Gasteiger charge is 2.37. The Morgan fingerprint density at radius 3 is 2.80 bits per heavy atom. The van der Waals surface area contributed by atoms with E-state index in [-0.39, 0.29) is 11.9 Å². The summed E-state index contributed by atoms with van der Waals surface area (Å²) in [4.78, 5) is 17.2. The Morgan fingerprint density at radius 1 is 1.30 bits per heavy atom. The molecule has 1 amide bonds. The predicted octanol–water partition coefficient (Wildman–Crippen LogP) is 1.38. The second kappa shape index (κ2) is 5.54. The second-order valence-electron chi connectivity index (χ2n) is 6.02. The van der Waals surface area contributed by atoms with Gasteiger partial charge in [-0.3, -0.25) is 9.69 Å². The molecule has 2 fully saturated rings. The number of rotatable bonds is 2. The highest BCUT2D eigenvalue weighted by Crippen LogP contribution is 2.26. The molecule has 0 aliphatic carbocycles. The molecule has 4 nitrogen and oxygen atoms in total. The van der Waals surface area contributed by atoms with Crippen molar-refractivity contribution in [3.8, 4) is 0 Å². The number of fused-ring (bicyclic) bond motifs is 1. The van der Waals surface area contributed by atoms with Crippen LogP contribution in [0.5, 0.6) is 0 Å². The van der Waals surface area contributed by atoms with E-state index in [0.717, 1.165) is 18.7 Å². The van der Waals surface area contributed by atoms with Crippen LogP contribution in [0, 0.1) is 0 Å². The van der Waals surface area contributed by atoms with E-state index in [2.05, 4.69) is 11.8 Å². The number of nitrogens with two attached hydrogens (primary N) is 1. The van der Waals surface area contributed by atoms with Crippen molar-refractivity contribution in [3.05, 3.63) is 35.9 Å². The molecule has 3 rings (SSSR count). The Bertz CT molecular complexity index is 476. The molecule has 0 unspecified atom stereocenters. The van der Waals surface area contributed by atoms with E-state index in [1.807, 2.05) is 35.2 Å². The van der Waals surface area contributed by atoms with Crippen LogP contribution in [0.3, 0.4) is 0 Å². The monoisotopic (exact) mass is 273 g/mol. The third kappa shape index (κ3) is 2.45. The standard InChI is InChI=1S/C16H23N3O/c1-12-10-18-9-5-8-14(18)11-19(12)16(20)15(17)13-6-3-2-4-7-13/h2-4,6-7,12,14-15H,5,8-11,17H2,1H3/t12-,14+,15-/m1/s1. The minimum absolute atomic E-state index is 0.0650. The fourth-order valence-electron chi connectivity index (χ4n) is 3.48. The molecule has 1 aromatic carbocycles. The van der Waals surface area contributed by atoms with Crippen LogP contribution in [0.15, 0.2) is 30.3 Å². The Morgan fingerprint density at radius 2 is 2.05 bits per heavy atom. The number of amides is 1. The number of piperazine rings is 1. The van der Waals surface area contributed by atoms with Crippen molar-refractivity contribution in [2.45, 2.75) is 37.9 Å². The van der Waals surface area contributed by atoms with Crippen molar-refractivity contribution < 1.29 is 4.79 Å². The number of nitrogens with zero attached hydrogens (tertiary/aromatic N) is 2. The lowest BCUT2D eigenvalue weighted by atomic mass is 10.0. The SMILES string of the molecule is C[C@@H]1CN2CCC[C@H]2CN1C(=O)[C@H](N)c1ccccc1. The third-order valence-electron chi connectivity index (χ3n) is 4.65. The first-order valence-electron chi connectivity index (χ1n) is 7.52. The van der Waals surface area contributed by atoms with Gasteiger partial charge in [0.2, 0.25) is 5.91 Å². The fraction of sp³-hybridized carbons (Fsp3) is 0.562. The topological polar surface area (TPSA) is 49.6 Å². The van der Waals surface area contributed by atoms with Crippen molar-refractivity contribution in [1.82, 2.24) is 9.80 Å². The number of hydrogen-bond donors (Lipinski definition) is 1. The summed E-state index contributed by atoms with van der Waals surface area (Å²) in [7, 11) is 0. The van der Waals surface area contributed by atoms with Crippen molar-refractivity contribution in [2.75, 3.05) is 19.6 Å². The van der Waals surface area contributed by atoms with Crippen molar-refractivity contribution in [3.63, 3.8) is 0 Å². The fourth-order valence-corrected chi connectivity index (χ4v) is 3.48. The molecule has 20 heavy (non-hydrogen) atoms. The van der Waals surface area contributed by atoms with Gasteiger partial charge in [-0.2, -0.15) is 0 Å². The van der Waals surface area contributed by atoms with Crippen LogP contribution in [-0.4, -0.2) is 47.4 Å². The van der Waals surface area contributed by atoms with Gasteiger partial charge in [0.1, 0.15) is 6.04 Å². The summed E-state index contributed by atoms with van der Waals surface area (Å²) in [6, 6.07) is 9.93. The van der Waals surface area contributed by atoms with E-state index in [1.165, 1.54) is 19.4 Å². The Kier molecular flexibility index (Phi) is 3.76. The molecule has 0 spiro atoms. The van der Waals surface area contributed by atoms with Gasteiger partial charge in [0.15, 0.2) is 0 Å². The molecule has 2 saturated heterocycles. The lowest BCUT2D eigenvalue weighted by Crippen LogP contribution is -2.58. The highest BCUT2D eigenvalue weighted by atomic mass is 16.2. The molecule has 0 aromatic heterocycles. The van der Waals surface area contributed by atoms with Crippen molar-refractivity contribution in [1.29, 1.82) is 0 Å². The molecule has 2 heterocycles.